The highest BCUT2D eigenvalue weighted by Gasteiger charge is 2.03. The topological polar surface area (TPSA) is 59.9 Å². The zero-order chi connectivity index (χ0) is 13.4. The van der Waals surface area contributed by atoms with Gasteiger partial charge in [-0.2, -0.15) is 0 Å². The molecule has 5 nitrogen and oxygen atoms in total. The first-order valence-electron chi connectivity index (χ1n) is 5.33. The van der Waals surface area contributed by atoms with Gasteiger partial charge in [0.1, 0.15) is 13.3 Å². The predicted molar refractivity (Wildman–Crippen MR) is 70.9 cm³/mol. The number of nitrogens with zero attached hydrogens (tertiary/aromatic N) is 1. The first kappa shape index (κ1) is 13.9. The summed E-state index contributed by atoms with van der Waals surface area (Å²) in [6.45, 7) is 7.46. The summed E-state index contributed by atoms with van der Waals surface area (Å²) < 4.78 is 9.68. The van der Waals surface area contributed by atoms with Crippen molar-refractivity contribution in [2.45, 2.75) is 6.61 Å². The Balaban J connectivity index is 2.60. The van der Waals surface area contributed by atoms with Gasteiger partial charge in [0, 0.05) is 7.11 Å². The van der Waals surface area contributed by atoms with Crippen LogP contribution in [0.3, 0.4) is 0 Å². The van der Waals surface area contributed by atoms with E-state index in [4.69, 9.17) is 4.74 Å². The molecular formula is C13H16N2O3. The fourth-order valence-corrected chi connectivity index (χ4v) is 1.33. The molecule has 1 N–H and O–H groups in total. The lowest BCUT2D eigenvalue weighted by Crippen LogP contribution is -2.25. The number of rotatable bonds is 6. The fraction of sp³-hybridized carbons (Fsp3) is 0.231. The third kappa shape index (κ3) is 4.03. The highest BCUT2D eigenvalue weighted by atomic mass is 16.6. The molecule has 0 radical (unpaired) electrons. The number of hydrogen-bond donors (Lipinski definition) is 1. The van der Waals surface area contributed by atoms with E-state index in [9.17, 15) is 4.79 Å². The Labute approximate surface area is 106 Å². The van der Waals surface area contributed by atoms with Crippen molar-refractivity contribution in [3.8, 4) is 0 Å². The van der Waals surface area contributed by atoms with Gasteiger partial charge >= 0.3 is 6.09 Å². The number of alkyl carbamates (subject to hydrolysis) is 1. The van der Waals surface area contributed by atoms with Crippen molar-refractivity contribution in [1.29, 1.82) is 0 Å². The molecule has 0 saturated carbocycles. The van der Waals surface area contributed by atoms with Crippen LogP contribution in [0.5, 0.6) is 0 Å². The number of nitrogens with one attached hydrogen (secondary N) is 1. The largest absolute Gasteiger partial charge is 0.445 e. The van der Waals surface area contributed by atoms with Crippen LogP contribution in [-0.2, 0) is 16.1 Å². The second-order valence-electron chi connectivity index (χ2n) is 3.44. The molecule has 1 aromatic carbocycles. The van der Waals surface area contributed by atoms with Crippen molar-refractivity contribution < 1.29 is 14.3 Å². The molecule has 0 aliphatic carbocycles. The van der Waals surface area contributed by atoms with Crippen LogP contribution in [-0.4, -0.2) is 26.7 Å². The van der Waals surface area contributed by atoms with Gasteiger partial charge in [-0.25, -0.2) is 4.79 Å². The smallest absolute Gasteiger partial charge is 0.409 e. The highest BCUT2D eigenvalue weighted by molar-refractivity contribution is 5.67. The van der Waals surface area contributed by atoms with Gasteiger partial charge in [-0.3, -0.25) is 10.3 Å². The number of benzene rings is 1. The van der Waals surface area contributed by atoms with E-state index in [1.807, 2.05) is 12.1 Å². The summed E-state index contributed by atoms with van der Waals surface area (Å²) in [4.78, 5) is 15.1. The summed E-state index contributed by atoms with van der Waals surface area (Å²) >= 11 is 0. The maximum atomic E-state index is 11.2. The van der Waals surface area contributed by atoms with E-state index in [-0.39, 0.29) is 13.3 Å². The summed E-state index contributed by atoms with van der Waals surface area (Å²) in [5.41, 5.74) is 2.45. The van der Waals surface area contributed by atoms with Crippen LogP contribution in [0.4, 0.5) is 10.5 Å². The molecular weight excluding hydrogens is 232 g/mol. The van der Waals surface area contributed by atoms with Crippen LogP contribution in [0, 0.1) is 0 Å². The Hall–Kier alpha value is -2.14. The standard InChI is InChI=1S/C13H16N2O3/c1-4-11-7-10(5-6-12(11)14-2)8-18-13(16)15-9-17-3/h4-7H,1-2,8-9H2,3H3,(H,15,16). The number of ether oxygens (including phenoxy) is 2. The van der Waals surface area contributed by atoms with Crippen LogP contribution in [0.1, 0.15) is 11.1 Å². The lowest BCUT2D eigenvalue weighted by Gasteiger charge is -2.08. The Morgan fingerprint density at radius 1 is 1.56 bits per heavy atom. The van der Waals surface area contributed by atoms with E-state index < -0.39 is 6.09 Å². The summed E-state index contributed by atoms with van der Waals surface area (Å²) in [6, 6.07) is 5.47. The minimum absolute atomic E-state index is 0.121. The minimum Gasteiger partial charge on any atom is -0.445 e. The maximum Gasteiger partial charge on any atom is 0.409 e. The average Bonchev–Trinajstić information content (AvgIpc) is 2.42. The van der Waals surface area contributed by atoms with Gasteiger partial charge in [-0.15, -0.1) is 0 Å². The Morgan fingerprint density at radius 2 is 2.33 bits per heavy atom. The molecule has 0 fully saturated rings. The van der Waals surface area contributed by atoms with E-state index in [1.165, 1.54) is 7.11 Å². The van der Waals surface area contributed by atoms with Gasteiger partial charge in [0.15, 0.2) is 0 Å². The molecule has 1 amide bonds. The van der Waals surface area contributed by atoms with Crippen LogP contribution in [0.15, 0.2) is 29.8 Å². The summed E-state index contributed by atoms with van der Waals surface area (Å²) in [5, 5.41) is 2.42. The number of aliphatic imine (C=N–C) groups is 1. The number of hydrogen-bond acceptors (Lipinski definition) is 4. The van der Waals surface area contributed by atoms with E-state index in [2.05, 4.69) is 28.3 Å². The molecule has 5 heteroatoms. The van der Waals surface area contributed by atoms with E-state index >= 15 is 0 Å². The number of carbonyl (C=O) groups excluding carboxylic acids is 1. The molecule has 1 aromatic rings. The van der Waals surface area contributed by atoms with Gasteiger partial charge in [0.2, 0.25) is 0 Å². The van der Waals surface area contributed by atoms with E-state index in [0.29, 0.717) is 0 Å². The van der Waals surface area contributed by atoms with Gasteiger partial charge < -0.3 is 9.47 Å². The van der Waals surface area contributed by atoms with Gasteiger partial charge in [0.25, 0.3) is 0 Å². The summed E-state index contributed by atoms with van der Waals surface area (Å²) in [6.07, 6.45) is 1.15. The monoisotopic (exact) mass is 248 g/mol. The third-order valence-electron chi connectivity index (χ3n) is 2.21. The quantitative estimate of drug-likeness (QED) is 0.621. The summed E-state index contributed by atoms with van der Waals surface area (Å²) in [7, 11) is 1.48. The van der Waals surface area contributed by atoms with Gasteiger partial charge in [0.05, 0.1) is 5.69 Å². The molecule has 0 saturated heterocycles. The van der Waals surface area contributed by atoms with E-state index in [0.717, 1.165) is 16.8 Å². The zero-order valence-corrected chi connectivity index (χ0v) is 10.3. The van der Waals surface area contributed by atoms with Crippen molar-refractivity contribution >= 4 is 24.6 Å². The summed E-state index contributed by atoms with van der Waals surface area (Å²) in [5.74, 6) is 0. The SMILES string of the molecule is C=Cc1cc(COC(=O)NCOC)ccc1N=C. The molecule has 0 heterocycles. The molecule has 0 aliphatic rings. The lowest BCUT2D eigenvalue weighted by atomic mass is 10.1. The average molecular weight is 248 g/mol. The fourth-order valence-electron chi connectivity index (χ4n) is 1.33. The number of amides is 1. The zero-order valence-electron chi connectivity index (χ0n) is 10.3. The van der Waals surface area contributed by atoms with E-state index in [1.54, 1.807) is 12.1 Å². The Kier molecular flexibility index (Phi) is 5.60. The second-order valence-corrected chi connectivity index (χ2v) is 3.44. The lowest BCUT2D eigenvalue weighted by molar-refractivity contribution is 0.115. The molecule has 96 valence electrons. The minimum atomic E-state index is -0.525. The molecule has 0 aromatic heterocycles. The highest BCUT2D eigenvalue weighted by Crippen LogP contribution is 2.21. The Bertz CT molecular complexity index is 444. The van der Waals surface area contributed by atoms with Crippen LogP contribution in [0.2, 0.25) is 0 Å². The molecule has 1 rings (SSSR count). The first-order chi connectivity index (χ1) is 8.71. The van der Waals surface area contributed by atoms with Crippen LogP contribution in [0.25, 0.3) is 6.08 Å². The Morgan fingerprint density at radius 3 is 2.94 bits per heavy atom. The normalized spacial score (nSPS) is 9.61. The van der Waals surface area contributed by atoms with Gasteiger partial charge in [-0.1, -0.05) is 18.7 Å². The van der Waals surface area contributed by atoms with Crippen molar-refractivity contribution in [3.05, 3.63) is 35.9 Å². The maximum absolute atomic E-state index is 11.2. The molecule has 0 spiro atoms. The number of carbonyl (C=O) groups is 1. The number of methoxy groups -OCH3 is 1. The molecule has 0 atom stereocenters. The van der Waals surface area contributed by atoms with Crippen LogP contribution >= 0.6 is 0 Å². The van der Waals surface area contributed by atoms with Crippen molar-refractivity contribution in [3.63, 3.8) is 0 Å². The molecule has 0 unspecified atom stereocenters. The van der Waals surface area contributed by atoms with Gasteiger partial charge in [-0.05, 0) is 30.0 Å². The van der Waals surface area contributed by atoms with Crippen molar-refractivity contribution in [2.75, 3.05) is 13.8 Å². The van der Waals surface area contributed by atoms with Crippen molar-refractivity contribution in [2.24, 2.45) is 4.99 Å². The first-order valence-corrected chi connectivity index (χ1v) is 5.33. The van der Waals surface area contributed by atoms with Crippen LogP contribution < -0.4 is 5.32 Å². The third-order valence-corrected chi connectivity index (χ3v) is 2.21. The molecule has 18 heavy (non-hydrogen) atoms. The molecule has 0 bridgehead atoms. The van der Waals surface area contributed by atoms with Crippen molar-refractivity contribution in [1.82, 2.24) is 5.32 Å². The second kappa shape index (κ2) is 7.24. The predicted octanol–water partition coefficient (Wildman–Crippen LogP) is 2.49. The molecule has 0 aliphatic heterocycles.